The molecule has 0 radical (unpaired) electrons. The maximum atomic E-state index is 12.5. The summed E-state index contributed by atoms with van der Waals surface area (Å²) in [6.45, 7) is 3.64. The predicted molar refractivity (Wildman–Crippen MR) is 96.2 cm³/mol. The van der Waals surface area contributed by atoms with E-state index in [0.717, 1.165) is 17.1 Å². The average Bonchev–Trinajstić information content (AvgIpc) is 2.95. The van der Waals surface area contributed by atoms with Crippen LogP contribution in [0.1, 0.15) is 5.56 Å². The van der Waals surface area contributed by atoms with E-state index in [2.05, 4.69) is 6.58 Å². The number of carbonyl (C=O) groups is 2. The zero-order chi connectivity index (χ0) is 18.7. The molecular weight excluding hydrogens is 354 g/mol. The highest BCUT2D eigenvalue weighted by Gasteiger charge is 2.26. The highest BCUT2D eigenvalue weighted by molar-refractivity contribution is 7.87. The van der Waals surface area contributed by atoms with Crippen molar-refractivity contribution in [3.8, 4) is 5.75 Å². The van der Waals surface area contributed by atoms with Gasteiger partial charge in [-0.05, 0) is 42.3 Å². The first kappa shape index (κ1) is 17.6. The fourth-order valence-electron chi connectivity index (χ4n) is 2.49. The Bertz CT molecular complexity index is 988. The van der Waals surface area contributed by atoms with Crippen molar-refractivity contribution in [2.24, 2.45) is 0 Å². The third-order valence-corrected chi connectivity index (χ3v) is 4.98. The molecule has 132 valence electrons. The number of benzene rings is 2. The molecule has 7 heteroatoms. The van der Waals surface area contributed by atoms with E-state index in [-0.39, 0.29) is 16.3 Å². The fourth-order valence-corrected chi connectivity index (χ4v) is 3.46. The molecule has 0 spiro atoms. The molecule has 0 bridgehead atoms. The van der Waals surface area contributed by atoms with Gasteiger partial charge in [-0.15, -0.1) is 6.58 Å². The minimum absolute atomic E-state index is 0.0817. The Hall–Kier alpha value is -3.19. The lowest BCUT2D eigenvalue weighted by molar-refractivity contribution is -0.119. The molecule has 1 heterocycles. The van der Waals surface area contributed by atoms with Gasteiger partial charge in [0.1, 0.15) is 10.6 Å². The lowest BCUT2D eigenvalue weighted by Crippen LogP contribution is -2.29. The van der Waals surface area contributed by atoms with Crippen molar-refractivity contribution in [2.75, 3.05) is 4.90 Å². The van der Waals surface area contributed by atoms with Crippen LogP contribution < -0.4 is 9.08 Å². The zero-order valence-electron chi connectivity index (χ0n) is 13.7. The second-order valence-electron chi connectivity index (χ2n) is 5.48. The largest absolute Gasteiger partial charge is 0.379 e. The molecule has 3 rings (SSSR count). The van der Waals surface area contributed by atoms with Gasteiger partial charge in [0, 0.05) is 12.2 Å². The first-order valence-corrected chi connectivity index (χ1v) is 9.13. The Kier molecular flexibility index (Phi) is 4.73. The Balaban J connectivity index is 1.86. The Labute approximate surface area is 151 Å². The highest BCUT2D eigenvalue weighted by atomic mass is 32.2. The molecular formula is C19H15NO5S. The summed E-state index contributed by atoms with van der Waals surface area (Å²) in [5.41, 5.74) is 0.984. The summed E-state index contributed by atoms with van der Waals surface area (Å²) < 4.78 is 30.3. The molecule has 0 unspecified atom stereocenters. The van der Waals surface area contributed by atoms with Crippen molar-refractivity contribution >= 4 is 27.6 Å². The number of allylic oxidation sites excluding steroid dienone is 1. The van der Waals surface area contributed by atoms with Crippen LogP contribution >= 0.6 is 0 Å². The van der Waals surface area contributed by atoms with Gasteiger partial charge >= 0.3 is 10.1 Å². The average molecular weight is 369 g/mol. The van der Waals surface area contributed by atoms with E-state index in [1.807, 2.05) is 0 Å². The van der Waals surface area contributed by atoms with E-state index in [1.54, 1.807) is 30.3 Å². The van der Waals surface area contributed by atoms with Crippen LogP contribution in [0.25, 0.3) is 0 Å². The van der Waals surface area contributed by atoms with E-state index in [4.69, 9.17) is 4.18 Å². The normalized spacial score (nSPS) is 13.9. The van der Waals surface area contributed by atoms with Gasteiger partial charge < -0.3 is 4.18 Å². The Morgan fingerprint density at radius 1 is 0.962 bits per heavy atom. The maximum Gasteiger partial charge on any atom is 0.339 e. The van der Waals surface area contributed by atoms with Crippen LogP contribution in [-0.4, -0.2) is 20.2 Å². The van der Waals surface area contributed by atoms with Crippen LogP contribution in [0.3, 0.4) is 0 Å². The van der Waals surface area contributed by atoms with Gasteiger partial charge in [0.15, 0.2) is 0 Å². The second-order valence-corrected chi connectivity index (χ2v) is 7.02. The van der Waals surface area contributed by atoms with Crippen molar-refractivity contribution in [1.29, 1.82) is 0 Å². The molecule has 6 nitrogen and oxygen atoms in total. The molecule has 2 amide bonds. The first-order valence-electron chi connectivity index (χ1n) is 7.72. The summed E-state index contributed by atoms with van der Waals surface area (Å²) >= 11 is 0. The van der Waals surface area contributed by atoms with Crippen molar-refractivity contribution in [1.82, 2.24) is 0 Å². The van der Waals surface area contributed by atoms with E-state index in [1.165, 1.54) is 24.3 Å². The third-order valence-electron chi connectivity index (χ3n) is 3.73. The molecule has 1 aliphatic heterocycles. The van der Waals surface area contributed by atoms with Gasteiger partial charge in [0.2, 0.25) is 0 Å². The van der Waals surface area contributed by atoms with Crippen molar-refractivity contribution in [3.05, 3.63) is 78.9 Å². The van der Waals surface area contributed by atoms with Crippen LogP contribution in [0.4, 0.5) is 5.69 Å². The summed E-state index contributed by atoms with van der Waals surface area (Å²) in [6.07, 6.45) is 4.44. The van der Waals surface area contributed by atoms with Gasteiger partial charge in [-0.1, -0.05) is 24.3 Å². The van der Waals surface area contributed by atoms with E-state index in [0.29, 0.717) is 12.0 Å². The van der Waals surface area contributed by atoms with Gasteiger partial charge in [0.05, 0.1) is 5.69 Å². The molecule has 26 heavy (non-hydrogen) atoms. The molecule has 0 fully saturated rings. The molecule has 1 aliphatic rings. The summed E-state index contributed by atoms with van der Waals surface area (Å²) in [5.74, 6) is -0.717. The number of imide groups is 1. The van der Waals surface area contributed by atoms with Crippen LogP contribution in [0.5, 0.6) is 5.75 Å². The quantitative estimate of drug-likeness (QED) is 0.444. The molecule has 0 saturated carbocycles. The molecule has 0 aromatic heterocycles. The van der Waals surface area contributed by atoms with Crippen LogP contribution in [0, 0.1) is 0 Å². The second kappa shape index (κ2) is 6.97. The number of hydrogen-bond acceptors (Lipinski definition) is 5. The molecule has 2 aromatic rings. The number of carbonyl (C=O) groups excluding carboxylic acids is 2. The molecule has 2 aromatic carbocycles. The fraction of sp³-hybridized carbons (Fsp3) is 0.0526. The standard InChI is InChI=1S/C19H15NO5S/c1-2-5-14-6-3-4-7-17(14)25-26(23,24)16-10-8-15(9-11-16)20-18(21)12-13-19(20)22/h2-4,6-13H,1,5H2. The Morgan fingerprint density at radius 3 is 2.19 bits per heavy atom. The van der Waals surface area contributed by atoms with E-state index in [9.17, 15) is 18.0 Å². The van der Waals surface area contributed by atoms with E-state index >= 15 is 0 Å². The monoisotopic (exact) mass is 369 g/mol. The smallest absolute Gasteiger partial charge is 0.339 e. The van der Waals surface area contributed by atoms with Gasteiger partial charge in [-0.3, -0.25) is 9.59 Å². The minimum atomic E-state index is -4.06. The summed E-state index contributed by atoms with van der Waals surface area (Å²) in [4.78, 5) is 24.2. The third kappa shape index (κ3) is 3.43. The summed E-state index contributed by atoms with van der Waals surface area (Å²) in [5, 5.41) is 0. The predicted octanol–water partition coefficient (Wildman–Crippen LogP) is 2.61. The number of hydrogen-bond donors (Lipinski definition) is 0. The topological polar surface area (TPSA) is 80.8 Å². The van der Waals surface area contributed by atoms with Crippen LogP contribution in [0.2, 0.25) is 0 Å². The van der Waals surface area contributed by atoms with Gasteiger partial charge in [-0.2, -0.15) is 8.42 Å². The van der Waals surface area contributed by atoms with E-state index < -0.39 is 21.9 Å². The number of rotatable bonds is 6. The van der Waals surface area contributed by atoms with Crippen molar-refractivity contribution in [2.45, 2.75) is 11.3 Å². The number of anilines is 1. The molecule has 0 aliphatic carbocycles. The summed E-state index contributed by atoms with van der Waals surface area (Å²) in [6, 6.07) is 12.1. The number of amides is 2. The molecule has 0 N–H and O–H groups in total. The van der Waals surface area contributed by atoms with Crippen LogP contribution in [0.15, 0.2) is 78.2 Å². The molecule has 0 saturated heterocycles. The number of nitrogens with zero attached hydrogens (tertiary/aromatic N) is 1. The summed E-state index contributed by atoms with van der Waals surface area (Å²) in [7, 11) is -4.06. The highest BCUT2D eigenvalue weighted by Crippen LogP contribution is 2.26. The maximum absolute atomic E-state index is 12.5. The zero-order valence-corrected chi connectivity index (χ0v) is 14.5. The SMILES string of the molecule is C=CCc1ccccc1OS(=O)(=O)c1ccc(N2C(=O)C=CC2=O)cc1. The van der Waals surface area contributed by atoms with Crippen molar-refractivity contribution in [3.63, 3.8) is 0 Å². The minimum Gasteiger partial charge on any atom is -0.379 e. The van der Waals surface area contributed by atoms with Gasteiger partial charge in [0.25, 0.3) is 11.8 Å². The Morgan fingerprint density at radius 2 is 1.58 bits per heavy atom. The first-order chi connectivity index (χ1) is 12.4. The van der Waals surface area contributed by atoms with Gasteiger partial charge in [-0.25, -0.2) is 4.90 Å². The van der Waals surface area contributed by atoms with Crippen LogP contribution in [-0.2, 0) is 26.1 Å². The lowest BCUT2D eigenvalue weighted by atomic mass is 10.1. The molecule has 0 atom stereocenters. The number of para-hydroxylation sites is 1. The lowest BCUT2D eigenvalue weighted by Gasteiger charge is -2.14. The van der Waals surface area contributed by atoms with Crippen molar-refractivity contribution < 1.29 is 22.2 Å².